The molecule has 0 spiro atoms. The Morgan fingerprint density at radius 3 is 2.28 bits per heavy atom. The van der Waals surface area contributed by atoms with Gasteiger partial charge in [0.2, 0.25) is 10.5 Å². The quantitative estimate of drug-likeness (QED) is 0.250. The van der Waals surface area contributed by atoms with Gasteiger partial charge in [-0.2, -0.15) is 14.9 Å². The summed E-state index contributed by atoms with van der Waals surface area (Å²) in [5.41, 5.74) is 0.714. The van der Waals surface area contributed by atoms with Crippen LogP contribution in [0.5, 0.6) is 23.0 Å². The Hall–Kier alpha value is -3.99. The lowest BCUT2D eigenvalue weighted by molar-refractivity contribution is 0.0734. The fourth-order valence-corrected chi connectivity index (χ4v) is 2.86. The van der Waals surface area contributed by atoms with E-state index in [1.165, 1.54) is 39.7 Å². The Bertz CT molecular complexity index is 1260. The second kappa shape index (κ2) is 9.88. The van der Waals surface area contributed by atoms with E-state index >= 15 is 0 Å². The molecule has 0 atom stereocenters. The van der Waals surface area contributed by atoms with E-state index in [-0.39, 0.29) is 16.0 Å². The van der Waals surface area contributed by atoms with E-state index in [2.05, 4.69) is 15.3 Å². The maximum absolute atomic E-state index is 12.6. The molecule has 0 fully saturated rings. The lowest BCUT2D eigenvalue weighted by atomic mass is 10.2. The monoisotopic (exact) mass is 456 g/mol. The molecule has 10 nitrogen and oxygen atoms in total. The summed E-state index contributed by atoms with van der Waals surface area (Å²) in [6.45, 7) is 1.55. The van der Waals surface area contributed by atoms with Gasteiger partial charge in [0.1, 0.15) is 11.4 Å². The number of carbonyl (C=O) groups excluding carboxylic acids is 1. The van der Waals surface area contributed by atoms with Gasteiger partial charge in [0.05, 0.1) is 33.1 Å². The summed E-state index contributed by atoms with van der Waals surface area (Å²) in [5, 5.41) is 10.4. The van der Waals surface area contributed by atoms with Crippen molar-refractivity contribution >= 4 is 24.4 Å². The van der Waals surface area contributed by atoms with Gasteiger partial charge in [0.25, 0.3) is 5.56 Å². The molecule has 1 heterocycles. The fourth-order valence-electron chi connectivity index (χ4n) is 2.69. The number of ether oxygens (including phenoxy) is 4. The van der Waals surface area contributed by atoms with Crippen molar-refractivity contribution in [3.8, 4) is 23.0 Å². The van der Waals surface area contributed by atoms with Crippen LogP contribution in [-0.4, -0.2) is 48.4 Å². The maximum Gasteiger partial charge on any atom is 0.343 e. The van der Waals surface area contributed by atoms with Crippen molar-refractivity contribution < 1.29 is 23.7 Å². The molecule has 1 N–H and O–H groups in total. The molecule has 0 bridgehead atoms. The number of nitrogens with zero attached hydrogens (tertiary/aromatic N) is 3. The fraction of sp³-hybridized carbons (Fsp3) is 0.190. The van der Waals surface area contributed by atoms with Gasteiger partial charge in [0.15, 0.2) is 11.5 Å². The van der Waals surface area contributed by atoms with Crippen LogP contribution in [0.3, 0.4) is 0 Å². The van der Waals surface area contributed by atoms with Gasteiger partial charge in [-0.15, -0.1) is 0 Å². The van der Waals surface area contributed by atoms with Gasteiger partial charge in [-0.1, -0.05) is 0 Å². The number of rotatable bonds is 7. The number of esters is 1. The van der Waals surface area contributed by atoms with Crippen LogP contribution in [-0.2, 0) is 0 Å². The van der Waals surface area contributed by atoms with Crippen molar-refractivity contribution in [1.82, 2.24) is 14.9 Å². The lowest BCUT2D eigenvalue weighted by Gasteiger charge is -2.13. The topological polar surface area (TPSA) is 117 Å². The largest absolute Gasteiger partial charge is 0.493 e. The minimum Gasteiger partial charge on any atom is -0.493 e. The van der Waals surface area contributed by atoms with Crippen molar-refractivity contribution in [2.24, 2.45) is 5.10 Å². The number of hydrogen-bond donors (Lipinski definition) is 1. The predicted octanol–water partition coefficient (Wildman–Crippen LogP) is 2.74. The smallest absolute Gasteiger partial charge is 0.343 e. The molecular formula is C21H20N4O6S. The second-order valence-corrected chi connectivity index (χ2v) is 6.73. The van der Waals surface area contributed by atoms with Crippen LogP contribution in [0, 0.1) is 11.7 Å². The van der Waals surface area contributed by atoms with Crippen LogP contribution in [0.25, 0.3) is 0 Å². The zero-order chi connectivity index (χ0) is 23.3. The van der Waals surface area contributed by atoms with E-state index in [9.17, 15) is 9.59 Å². The average molecular weight is 456 g/mol. The number of H-pyrrole nitrogens is 1. The highest BCUT2D eigenvalue weighted by atomic mass is 32.1. The third-order valence-corrected chi connectivity index (χ3v) is 4.59. The third-order valence-electron chi connectivity index (χ3n) is 4.33. The predicted molar refractivity (Wildman–Crippen MR) is 119 cm³/mol. The highest BCUT2D eigenvalue weighted by Gasteiger charge is 2.18. The van der Waals surface area contributed by atoms with Gasteiger partial charge in [-0.05, 0) is 61.1 Å². The zero-order valence-corrected chi connectivity index (χ0v) is 18.6. The number of carbonyl (C=O) groups is 1. The number of benzene rings is 2. The van der Waals surface area contributed by atoms with Crippen molar-refractivity contribution in [3.63, 3.8) is 0 Å². The maximum atomic E-state index is 12.6. The van der Waals surface area contributed by atoms with Crippen LogP contribution in [0.2, 0.25) is 0 Å². The summed E-state index contributed by atoms with van der Waals surface area (Å²) in [7, 11) is 4.39. The molecule has 0 aliphatic carbocycles. The Balaban J connectivity index is 1.78. The molecular weight excluding hydrogens is 436 g/mol. The standard InChI is InChI=1S/C21H20N4O6S/c1-12-19(26)25(21(32)24-23-12)22-11-13-5-7-15(8-6-13)31-20(27)14-9-16(28-2)18(30-4)17(10-14)29-3/h5-11H,1-4H3,(H,24,32). The minimum atomic E-state index is -0.601. The highest BCUT2D eigenvalue weighted by Crippen LogP contribution is 2.38. The summed E-state index contributed by atoms with van der Waals surface area (Å²) >= 11 is 5.03. The average Bonchev–Trinajstić information content (AvgIpc) is 2.81. The Morgan fingerprint density at radius 1 is 1.09 bits per heavy atom. The van der Waals surface area contributed by atoms with Crippen molar-refractivity contribution in [2.45, 2.75) is 6.92 Å². The molecule has 0 amide bonds. The summed E-state index contributed by atoms with van der Waals surface area (Å²) < 4.78 is 22.3. The zero-order valence-electron chi connectivity index (χ0n) is 17.7. The highest BCUT2D eigenvalue weighted by molar-refractivity contribution is 7.71. The first-order chi connectivity index (χ1) is 15.4. The van der Waals surface area contributed by atoms with E-state index in [4.69, 9.17) is 31.2 Å². The van der Waals surface area contributed by atoms with Gasteiger partial charge < -0.3 is 18.9 Å². The molecule has 3 aromatic rings. The number of aromatic nitrogens is 3. The van der Waals surface area contributed by atoms with E-state index in [1.54, 1.807) is 31.2 Å². The van der Waals surface area contributed by atoms with Gasteiger partial charge in [0, 0.05) is 0 Å². The Labute approximate surface area is 188 Å². The molecule has 11 heteroatoms. The summed E-state index contributed by atoms with van der Waals surface area (Å²) in [4.78, 5) is 24.7. The van der Waals surface area contributed by atoms with Crippen molar-refractivity contribution in [1.29, 1.82) is 0 Å². The molecule has 0 aliphatic heterocycles. The third kappa shape index (κ3) is 4.83. The lowest BCUT2D eigenvalue weighted by Crippen LogP contribution is -2.22. The summed E-state index contributed by atoms with van der Waals surface area (Å²) in [6, 6.07) is 9.54. The molecule has 0 aliphatic rings. The number of nitrogens with one attached hydrogen (secondary N) is 1. The normalized spacial score (nSPS) is 10.8. The van der Waals surface area contributed by atoms with Gasteiger partial charge in [-0.25, -0.2) is 4.79 Å². The molecule has 0 saturated carbocycles. The van der Waals surface area contributed by atoms with Crippen LogP contribution >= 0.6 is 12.2 Å². The van der Waals surface area contributed by atoms with Crippen LogP contribution in [0.15, 0.2) is 46.3 Å². The molecule has 166 valence electrons. The summed E-state index contributed by atoms with van der Waals surface area (Å²) in [5.74, 6) is 0.764. The van der Waals surface area contributed by atoms with Crippen LogP contribution in [0.1, 0.15) is 21.6 Å². The number of hydrogen-bond acceptors (Lipinski definition) is 9. The minimum absolute atomic E-state index is 0.0766. The van der Waals surface area contributed by atoms with Crippen LogP contribution < -0.4 is 24.5 Å². The number of aryl methyl sites for hydroxylation is 1. The van der Waals surface area contributed by atoms with Gasteiger partial charge >= 0.3 is 5.97 Å². The van der Waals surface area contributed by atoms with Gasteiger partial charge in [-0.3, -0.25) is 9.89 Å². The Morgan fingerprint density at radius 2 is 1.72 bits per heavy atom. The first-order valence-corrected chi connectivity index (χ1v) is 9.63. The van der Waals surface area contributed by atoms with Crippen molar-refractivity contribution in [3.05, 3.63) is 68.3 Å². The number of methoxy groups -OCH3 is 3. The first-order valence-electron chi connectivity index (χ1n) is 9.23. The molecule has 0 radical (unpaired) electrons. The van der Waals surface area contributed by atoms with E-state index in [0.717, 1.165) is 4.68 Å². The SMILES string of the molecule is COc1cc(C(=O)Oc2ccc(C=Nn3c(=S)[nH]nc(C)c3=O)cc2)cc(OC)c1OC. The molecule has 1 aromatic heterocycles. The van der Waals surface area contributed by atoms with Crippen LogP contribution in [0.4, 0.5) is 0 Å². The molecule has 0 saturated heterocycles. The second-order valence-electron chi connectivity index (χ2n) is 6.35. The summed E-state index contributed by atoms with van der Waals surface area (Å²) in [6.07, 6.45) is 1.45. The first kappa shape index (κ1) is 22.7. The number of aromatic amines is 1. The van der Waals surface area contributed by atoms with Crippen molar-refractivity contribution in [2.75, 3.05) is 21.3 Å². The molecule has 2 aromatic carbocycles. The molecule has 0 unspecified atom stereocenters. The molecule has 32 heavy (non-hydrogen) atoms. The van der Waals surface area contributed by atoms with E-state index in [1.807, 2.05) is 0 Å². The Kier molecular flexibility index (Phi) is 7.00. The van der Waals surface area contributed by atoms with E-state index < -0.39 is 11.5 Å². The molecule has 3 rings (SSSR count). The van der Waals surface area contributed by atoms with E-state index in [0.29, 0.717) is 28.6 Å².